The molecular formula is C29H32F3N3O6S. The van der Waals surface area contributed by atoms with E-state index in [4.69, 9.17) is 9.90 Å². The molecule has 0 atom stereocenters. The Bertz CT molecular complexity index is 1500. The van der Waals surface area contributed by atoms with E-state index in [0.717, 1.165) is 50.3 Å². The fourth-order valence-electron chi connectivity index (χ4n) is 4.37. The fraction of sp³-hybridized carbons (Fsp3) is 0.310. The molecule has 1 aliphatic heterocycles. The van der Waals surface area contributed by atoms with Gasteiger partial charge in [0.1, 0.15) is 0 Å². The maximum Gasteiger partial charge on any atom is 0.490 e. The largest absolute Gasteiger partial charge is 0.490 e. The van der Waals surface area contributed by atoms with Crippen LogP contribution in [-0.2, 0) is 21.2 Å². The number of rotatable bonds is 8. The van der Waals surface area contributed by atoms with Crippen LogP contribution in [0.4, 0.5) is 30.2 Å². The SMILES string of the molecule is CCCc1ccc(S(=O)(=O)Nc2ccc(N3CCN(c4cccc(C)c4)CC3)cc2C(=O)O)cc1.O=C(O)C(F)(F)F. The Kier molecular flexibility index (Phi) is 10.4. The van der Waals surface area contributed by atoms with Crippen LogP contribution in [0.2, 0.25) is 0 Å². The first kappa shape index (κ1) is 32.3. The number of aromatic carboxylic acids is 1. The van der Waals surface area contributed by atoms with Gasteiger partial charge in [0.25, 0.3) is 10.0 Å². The second-order valence-electron chi connectivity index (χ2n) is 9.65. The minimum atomic E-state index is -5.08. The number of benzene rings is 3. The van der Waals surface area contributed by atoms with Gasteiger partial charge in [0.2, 0.25) is 0 Å². The predicted molar refractivity (Wildman–Crippen MR) is 154 cm³/mol. The maximum atomic E-state index is 12.9. The summed E-state index contributed by atoms with van der Waals surface area (Å²) in [7, 11) is -3.91. The number of alkyl halides is 3. The maximum absolute atomic E-state index is 12.9. The van der Waals surface area contributed by atoms with Crippen molar-refractivity contribution in [3.63, 3.8) is 0 Å². The van der Waals surface area contributed by atoms with Gasteiger partial charge < -0.3 is 20.0 Å². The van der Waals surface area contributed by atoms with Crippen molar-refractivity contribution in [2.75, 3.05) is 40.7 Å². The van der Waals surface area contributed by atoms with Gasteiger partial charge in [-0.1, -0.05) is 37.6 Å². The normalized spacial score (nSPS) is 13.6. The number of carboxylic acids is 2. The van der Waals surface area contributed by atoms with Gasteiger partial charge in [-0.15, -0.1) is 0 Å². The number of aryl methyl sites for hydroxylation is 2. The molecule has 0 spiro atoms. The zero-order valence-electron chi connectivity index (χ0n) is 23.1. The summed E-state index contributed by atoms with van der Waals surface area (Å²) >= 11 is 0. The highest BCUT2D eigenvalue weighted by Crippen LogP contribution is 2.28. The summed E-state index contributed by atoms with van der Waals surface area (Å²) < 4.78 is 60.0. The summed E-state index contributed by atoms with van der Waals surface area (Å²) in [5.74, 6) is -3.94. The van der Waals surface area contributed by atoms with E-state index < -0.39 is 28.1 Å². The number of hydrogen-bond donors (Lipinski definition) is 3. The number of anilines is 3. The molecule has 4 rings (SSSR count). The molecule has 42 heavy (non-hydrogen) atoms. The van der Waals surface area contributed by atoms with Gasteiger partial charge in [-0.3, -0.25) is 4.72 Å². The summed E-state index contributed by atoms with van der Waals surface area (Å²) in [6.07, 6.45) is -3.24. The Labute approximate surface area is 242 Å². The lowest BCUT2D eigenvalue weighted by molar-refractivity contribution is -0.192. The van der Waals surface area contributed by atoms with Crippen molar-refractivity contribution in [1.29, 1.82) is 0 Å². The third kappa shape index (κ3) is 8.62. The quantitative estimate of drug-likeness (QED) is 0.311. The molecule has 0 aliphatic carbocycles. The van der Waals surface area contributed by atoms with E-state index in [-0.39, 0.29) is 16.1 Å². The van der Waals surface area contributed by atoms with E-state index in [1.807, 2.05) is 0 Å². The second kappa shape index (κ2) is 13.6. The van der Waals surface area contributed by atoms with Crippen LogP contribution in [0.5, 0.6) is 0 Å². The third-order valence-corrected chi connectivity index (χ3v) is 7.89. The first-order valence-corrected chi connectivity index (χ1v) is 14.6. The number of sulfonamides is 1. The van der Waals surface area contributed by atoms with Gasteiger partial charge in [0, 0.05) is 37.6 Å². The zero-order chi connectivity index (χ0) is 31.1. The van der Waals surface area contributed by atoms with Crippen molar-refractivity contribution < 1.29 is 41.4 Å². The van der Waals surface area contributed by atoms with Gasteiger partial charge in [-0.25, -0.2) is 18.0 Å². The monoisotopic (exact) mass is 607 g/mol. The molecule has 0 unspecified atom stereocenters. The number of aliphatic carboxylic acids is 1. The highest BCUT2D eigenvalue weighted by molar-refractivity contribution is 7.92. The lowest BCUT2D eigenvalue weighted by Crippen LogP contribution is -2.46. The molecule has 1 fully saturated rings. The Morgan fingerprint density at radius 2 is 1.43 bits per heavy atom. The van der Waals surface area contributed by atoms with Crippen LogP contribution in [0.25, 0.3) is 0 Å². The van der Waals surface area contributed by atoms with Gasteiger partial charge in [0.05, 0.1) is 16.1 Å². The molecule has 13 heteroatoms. The number of halogens is 3. The molecule has 3 aromatic carbocycles. The topological polar surface area (TPSA) is 127 Å². The van der Waals surface area contributed by atoms with E-state index in [1.54, 1.807) is 36.4 Å². The van der Waals surface area contributed by atoms with Gasteiger partial charge in [0.15, 0.2) is 0 Å². The number of hydrogen-bond acceptors (Lipinski definition) is 6. The Balaban J connectivity index is 0.000000616. The highest BCUT2D eigenvalue weighted by atomic mass is 32.2. The Hall–Kier alpha value is -4.26. The van der Waals surface area contributed by atoms with E-state index in [0.29, 0.717) is 0 Å². The molecule has 0 bridgehead atoms. The molecule has 0 radical (unpaired) electrons. The molecule has 0 aromatic heterocycles. The van der Waals surface area contributed by atoms with Crippen molar-refractivity contribution >= 4 is 39.0 Å². The number of carboxylic acid groups (broad SMARTS) is 2. The molecule has 1 saturated heterocycles. The van der Waals surface area contributed by atoms with Crippen LogP contribution in [-0.4, -0.2) is 62.9 Å². The lowest BCUT2D eigenvalue weighted by Gasteiger charge is -2.37. The summed E-state index contributed by atoms with van der Waals surface area (Å²) in [6.45, 7) is 7.24. The third-order valence-electron chi connectivity index (χ3n) is 6.50. The molecule has 3 N–H and O–H groups in total. The molecular weight excluding hydrogens is 575 g/mol. The lowest BCUT2D eigenvalue weighted by atomic mass is 10.1. The van der Waals surface area contributed by atoms with Crippen LogP contribution < -0.4 is 14.5 Å². The Morgan fingerprint density at radius 3 is 1.90 bits per heavy atom. The highest BCUT2D eigenvalue weighted by Gasteiger charge is 2.38. The van der Waals surface area contributed by atoms with Gasteiger partial charge in [-0.05, 0) is 66.9 Å². The van der Waals surface area contributed by atoms with Gasteiger partial charge >= 0.3 is 18.1 Å². The van der Waals surface area contributed by atoms with E-state index in [1.165, 1.54) is 17.3 Å². The van der Waals surface area contributed by atoms with E-state index in [2.05, 4.69) is 52.6 Å². The summed E-state index contributed by atoms with van der Waals surface area (Å²) in [5, 5.41) is 16.9. The summed E-state index contributed by atoms with van der Waals surface area (Å²) in [4.78, 5) is 25.4. The summed E-state index contributed by atoms with van der Waals surface area (Å²) in [6, 6.07) is 19.9. The van der Waals surface area contributed by atoms with Crippen molar-refractivity contribution in [2.45, 2.75) is 37.8 Å². The smallest absolute Gasteiger partial charge is 0.478 e. The Morgan fingerprint density at radius 1 is 0.881 bits per heavy atom. The number of nitrogens with one attached hydrogen (secondary N) is 1. The summed E-state index contributed by atoms with van der Waals surface area (Å²) in [5.41, 5.74) is 4.20. The minimum absolute atomic E-state index is 0.0530. The first-order valence-electron chi connectivity index (χ1n) is 13.1. The molecule has 3 aromatic rings. The van der Waals surface area contributed by atoms with Crippen molar-refractivity contribution in [3.05, 3.63) is 83.4 Å². The first-order chi connectivity index (χ1) is 19.7. The van der Waals surface area contributed by atoms with Crippen molar-refractivity contribution in [2.24, 2.45) is 0 Å². The number of nitrogens with zero attached hydrogens (tertiary/aromatic N) is 2. The minimum Gasteiger partial charge on any atom is -0.478 e. The van der Waals surface area contributed by atoms with E-state index in [9.17, 15) is 31.5 Å². The molecule has 0 amide bonds. The van der Waals surface area contributed by atoms with Crippen molar-refractivity contribution in [1.82, 2.24) is 0 Å². The average molecular weight is 608 g/mol. The van der Waals surface area contributed by atoms with Crippen LogP contribution >= 0.6 is 0 Å². The standard InChI is InChI=1S/C27H31N3O4S.C2HF3O2/c1-3-5-21-8-11-24(12-9-21)35(33,34)28-26-13-10-23(19-25(26)27(31)32)30-16-14-29(15-17-30)22-7-4-6-20(2)18-22;3-2(4,5)1(6)7/h4,6-13,18-19,28H,3,5,14-17H2,1-2H3,(H,31,32);(H,6,7). The fourth-order valence-corrected chi connectivity index (χ4v) is 5.45. The molecule has 9 nitrogen and oxygen atoms in total. The molecule has 1 aliphatic rings. The van der Waals surface area contributed by atoms with Crippen LogP contribution in [0.15, 0.2) is 71.6 Å². The van der Waals surface area contributed by atoms with Crippen LogP contribution in [0.1, 0.15) is 34.8 Å². The second-order valence-corrected chi connectivity index (χ2v) is 11.3. The van der Waals surface area contributed by atoms with Crippen LogP contribution in [0.3, 0.4) is 0 Å². The van der Waals surface area contributed by atoms with Crippen LogP contribution in [0, 0.1) is 6.92 Å². The van der Waals surface area contributed by atoms with E-state index >= 15 is 0 Å². The zero-order valence-corrected chi connectivity index (χ0v) is 23.9. The average Bonchev–Trinajstić information content (AvgIpc) is 2.93. The number of carbonyl (C=O) groups is 2. The van der Waals surface area contributed by atoms with Crippen molar-refractivity contribution in [3.8, 4) is 0 Å². The molecule has 226 valence electrons. The molecule has 0 saturated carbocycles. The molecule has 1 heterocycles. The van der Waals surface area contributed by atoms with Gasteiger partial charge in [-0.2, -0.15) is 13.2 Å². The predicted octanol–water partition coefficient (Wildman–Crippen LogP) is 5.41. The number of piperazine rings is 1.